The molecule has 0 aliphatic heterocycles. The first kappa shape index (κ1) is 13.5. The molecule has 1 aromatic heterocycles. The van der Waals surface area contributed by atoms with Crippen molar-refractivity contribution in [1.82, 2.24) is 5.32 Å². The molecule has 2 nitrogen and oxygen atoms in total. The fourth-order valence-electron chi connectivity index (χ4n) is 1.91. The Hall–Kier alpha value is -0.960. The van der Waals surface area contributed by atoms with Crippen molar-refractivity contribution in [3.05, 3.63) is 57.5 Å². The van der Waals surface area contributed by atoms with Crippen molar-refractivity contribution in [2.45, 2.75) is 19.9 Å². The van der Waals surface area contributed by atoms with Crippen LogP contribution in [-0.2, 0) is 0 Å². The normalized spacial score (nSPS) is 12.7. The van der Waals surface area contributed by atoms with Crippen molar-refractivity contribution < 1.29 is 4.42 Å². The minimum absolute atomic E-state index is 0.0742. The van der Waals surface area contributed by atoms with E-state index in [0.29, 0.717) is 10.0 Å². The summed E-state index contributed by atoms with van der Waals surface area (Å²) >= 11 is 12.3. The second kappa shape index (κ2) is 5.79. The van der Waals surface area contributed by atoms with E-state index in [9.17, 15) is 0 Å². The molecule has 1 N–H and O–H groups in total. The standard InChI is InChI=1S/C14H15Cl2NO/c1-3-17-14(13-7-4-9(2)18-13)11-8-10(15)5-6-12(11)16/h4-8,14,17H,3H2,1-2H3. The number of furan rings is 1. The maximum Gasteiger partial charge on any atom is 0.125 e. The molecule has 18 heavy (non-hydrogen) atoms. The van der Waals surface area contributed by atoms with Crippen LogP contribution in [0.25, 0.3) is 0 Å². The molecule has 0 bridgehead atoms. The number of hydrogen-bond acceptors (Lipinski definition) is 2. The van der Waals surface area contributed by atoms with Crippen LogP contribution in [0.5, 0.6) is 0 Å². The van der Waals surface area contributed by atoms with Crippen molar-refractivity contribution in [2.75, 3.05) is 6.54 Å². The summed E-state index contributed by atoms with van der Waals surface area (Å²) in [6.07, 6.45) is 0. The summed E-state index contributed by atoms with van der Waals surface area (Å²) in [5.41, 5.74) is 0.931. The van der Waals surface area contributed by atoms with Crippen LogP contribution in [0, 0.1) is 6.92 Å². The lowest BCUT2D eigenvalue weighted by molar-refractivity contribution is 0.435. The Morgan fingerprint density at radius 2 is 2.00 bits per heavy atom. The third-order valence-corrected chi connectivity index (χ3v) is 3.30. The first-order valence-electron chi connectivity index (χ1n) is 5.86. The van der Waals surface area contributed by atoms with Crippen molar-refractivity contribution in [3.8, 4) is 0 Å². The average molecular weight is 284 g/mol. The molecule has 0 aliphatic carbocycles. The zero-order chi connectivity index (χ0) is 13.1. The number of rotatable bonds is 4. The summed E-state index contributed by atoms with van der Waals surface area (Å²) in [6, 6.07) is 9.28. The van der Waals surface area contributed by atoms with E-state index in [1.807, 2.05) is 32.0 Å². The number of benzene rings is 1. The molecule has 0 aliphatic rings. The van der Waals surface area contributed by atoms with Crippen LogP contribution in [0.15, 0.2) is 34.7 Å². The monoisotopic (exact) mass is 283 g/mol. The molecule has 1 unspecified atom stereocenters. The topological polar surface area (TPSA) is 25.2 Å². The molecule has 0 radical (unpaired) electrons. The van der Waals surface area contributed by atoms with Gasteiger partial charge in [-0.15, -0.1) is 0 Å². The minimum Gasteiger partial charge on any atom is -0.464 e. The summed E-state index contributed by atoms with van der Waals surface area (Å²) in [6.45, 7) is 4.78. The molecule has 96 valence electrons. The van der Waals surface area contributed by atoms with Gasteiger partial charge in [0.05, 0.1) is 6.04 Å². The fourth-order valence-corrected chi connectivity index (χ4v) is 2.32. The van der Waals surface area contributed by atoms with Crippen LogP contribution >= 0.6 is 23.2 Å². The SMILES string of the molecule is CCNC(c1ccc(C)o1)c1cc(Cl)ccc1Cl. The van der Waals surface area contributed by atoms with Gasteiger partial charge in [-0.2, -0.15) is 0 Å². The summed E-state index contributed by atoms with van der Waals surface area (Å²) < 4.78 is 5.68. The third-order valence-electron chi connectivity index (χ3n) is 2.72. The first-order valence-corrected chi connectivity index (χ1v) is 6.62. The average Bonchev–Trinajstić information content (AvgIpc) is 2.76. The molecular weight excluding hydrogens is 269 g/mol. The Morgan fingerprint density at radius 1 is 1.22 bits per heavy atom. The molecule has 0 fully saturated rings. The van der Waals surface area contributed by atoms with Crippen LogP contribution in [0.2, 0.25) is 10.0 Å². The Balaban J connectivity index is 2.44. The Kier molecular flexibility index (Phi) is 4.33. The quantitative estimate of drug-likeness (QED) is 0.888. The van der Waals surface area contributed by atoms with Crippen molar-refractivity contribution in [3.63, 3.8) is 0 Å². The second-order valence-electron chi connectivity index (χ2n) is 4.10. The highest BCUT2D eigenvalue weighted by Crippen LogP contribution is 2.31. The van der Waals surface area contributed by atoms with Gasteiger partial charge in [-0.1, -0.05) is 30.1 Å². The number of halogens is 2. The highest BCUT2D eigenvalue weighted by Gasteiger charge is 2.19. The molecular formula is C14H15Cl2NO. The van der Waals surface area contributed by atoms with E-state index in [1.165, 1.54) is 0 Å². The van der Waals surface area contributed by atoms with Gasteiger partial charge in [0.25, 0.3) is 0 Å². The van der Waals surface area contributed by atoms with E-state index in [1.54, 1.807) is 12.1 Å². The van der Waals surface area contributed by atoms with Gasteiger partial charge in [0.15, 0.2) is 0 Å². The van der Waals surface area contributed by atoms with Crippen molar-refractivity contribution >= 4 is 23.2 Å². The van der Waals surface area contributed by atoms with Crippen LogP contribution in [-0.4, -0.2) is 6.54 Å². The van der Waals surface area contributed by atoms with Crippen LogP contribution in [0.3, 0.4) is 0 Å². The molecule has 2 rings (SSSR count). The van der Waals surface area contributed by atoms with Gasteiger partial charge in [0.2, 0.25) is 0 Å². The molecule has 0 saturated heterocycles. The molecule has 0 saturated carbocycles. The van der Waals surface area contributed by atoms with Gasteiger partial charge < -0.3 is 9.73 Å². The largest absolute Gasteiger partial charge is 0.464 e. The number of aryl methyl sites for hydroxylation is 1. The molecule has 0 amide bonds. The van der Waals surface area contributed by atoms with Gasteiger partial charge in [-0.3, -0.25) is 0 Å². The van der Waals surface area contributed by atoms with Gasteiger partial charge in [-0.25, -0.2) is 0 Å². The minimum atomic E-state index is -0.0742. The summed E-state index contributed by atoms with van der Waals surface area (Å²) in [7, 11) is 0. The number of hydrogen-bond donors (Lipinski definition) is 1. The Bertz CT molecular complexity index is 536. The van der Waals surface area contributed by atoms with E-state index in [-0.39, 0.29) is 6.04 Å². The van der Waals surface area contributed by atoms with Gasteiger partial charge in [0.1, 0.15) is 11.5 Å². The van der Waals surface area contributed by atoms with Crippen LogP contribution in [0.1, 0.15) is 30.0 Å². The van der Waals surface area contributed by atoms with E-state index < -0.39 is 0 Å². The van der Waals surface area contributed by atoms with Gasteiger partial charge in [0, 0.05) is 10.0 Å². The predicted molar refractivity (Wildman–Crippen MR) is 75.4 cm³/mol. The Labute approximate surface area is 117 Å². The predicted octanol–water partition coefficient (Wildman–Crippen LogP) is 4.59. The zero-order valence-electron chi connectivity index (χ0n) is 10.3. The maximum absolute atomic E-state index is 6.24. The lowest BCUT2D eigenvalue weighted by Crippen LogP contribution is -2.21. The summed E-state index contributed by atoms with van der Waals surface area (Å²) in [5, 5.41) is 4.71. The van der Waals surface area contributed by atoms with Crippen LogP contribution in [0.4, 0.5) is 0 Å². The van der Waals surface area contributed by atoms with E-state index in [2.05, 4.69) is 5.32 Å². The highest BCUT2D eigenvalue weighted by atomic mass is 35.5. The van der Waals surface area contributed by atoms with Crippen molar-refractivity contribution in [2.24, 2.45) is 0 Å². The van der Waals surface area contributed by atoms with E-state index >= 15 is 0 Å². The first-order chi connectivity index (χ1) is 8.61. The van der Waals surface area contributed by atoms with Crippen molar-refractivity contribution in [1.29, 1.82) is 0 Å². The van der Waals surface area contributed by atoms with Gasteiger partial charge in [-0.05, 0) is 49.4 Å². The highest BCUT2D eigenvalue weighted by molar-refractivity contribution is 6.33. The van der Waals surface area contributed by atoms with Crippen LogP contribution < -0.4 is 5.32 Å². The van der Waals surface area contributed by atoms with Gasteiger partial charge >= 0.3 is 0 Å². The second-order valence-corrected chi connectivity index (χ2v) is 4.95. The fraction of sp³-hybridized carbons (Fsp3) is 0.286. The molecule has 2 aromatic rings. The molecule has 1 atom stereocenters. The lowest BCUT2D eigenvalue weighted by atomic mass is 10.0. The summed E-state index contributed by atoms with van der Waals surface area (Å²) in [5.74, 6) is 1.73. The molecule has 0 spiro atoms. The van der Waals surface area contributed by atoms with E-state index in [4.69, 9.17) is 27.6 Å². The zero-order valence-corrected chi connectivity index (χ0v) is 11.8. The third kappa shape index (κ3) is 2.89. The Morgan fingerprint density at radius 3 is 2.61 bits per heavy atom. The molecule has 4 heteroatoms. The summed E-state index contributed by atoms with van der Waals surface area (Å²) in [4.78, 5) is 0. The maximum atomic E-state index is 6.24. The number of nitrogens with one attached hydrogen (secondary N) is 1. The molecule has 1 heterocycles. The smallest absolute Gasteiger partial charge is 0.125 e. The lowest BCUT2D eigenvalue weighted by Gasteiger charge is -2.17. The molecule has 1 aromatic carbocycles. The van der Waals surface area contributed by atoms with E-state index in [0.717, 1.165) is 23.6 Å².